The average Bonchev–Trinajstić information content (AvgIpc) is 2.80. The molecule has 11 heteroatoms. The van der Waals surface area contributed by atoms with Crippen molar-refractivity contribution in [2.45, 2.75) is 61.4 Å². The number of halogens is 4. The Labute approximate surface area is 247 Å². The molecule has 6 nitrogen and oxygen atoms in total. The first kappa shape index (κ1) is 28.2. The molecule has 0 N–H and O–H groups in total. The van der Waals surface area contributed by atoms with Crippen molar-refractivity contribution in [2.75, 3.05) is 0 Å². The van der Waals surface area contributed by atoms with Crippen LogP contribution in [0.4, 0.5) is 8.78 Å². The Morgan fingerprint density at radius 2 is 1.68 bits per heavy atom. The third-order valence-electron chi connectivity index (χ3n) is 7.83. The van der Waals surface area contributed by atoms with Crippen LogP contribution in [0.15, 0.2) is 43.0 Å². The lowest BCUT2D eigenvalue weighted by Crippen LogP contribution is -2.62. The number of esters is 1. The summed E-state index contributed by atoms with van der Waals surface area (Å²) < 4.78 is 74.6. The van der Waals surface area contributed by atoms with Crippen molar-refractivity contribution in [3.05, 3.63) is 66.8 Å². The van der Waals surface area contributed by atoms with Crippen molar-refractivity contribution in [3.8, 4) is 5.75 Å². The number of carbonyl (C=O) groups is 1. The molecule has 0 spiro atoms. The topological polar surface area (TPSA) is 92.7 Å². The molecule has 6 rings (SSSR count). The predicted molar refractivity (Wildman–Crippen MR) is 153 cm³/mol. The molecule has 0 radical (unpaired) electrons. The van der Waals surface area contributed by atoms with Gasteiger partial charge in [-0.25, -0.2) is 13.2 Å². The SMILES string of the molecule is C=Cc1ccc(C(=O)OC23CC4CC(C2)CC(Oc2cc(I)c(CC(F)(F)S(=O)(=O)[O-])cc2I)(C4)C3)cc1. The smallest absolute Gasteiger partial charge is 0.338 e. The third-order valence-corrected chi connectivity index (χ3v) is 10.6. The Kier molecular flexibility index (Phi) is 7.39. The zero-order valence-electron chi connectivity index (χ0n) is 20.2. The van der Waals surface area contributed by atoms with Gasteiger partial charge >= 0.3 is 11.2 Å². The maximum Gasteiger partial charge on any atom is 0.338 e. The van der Waals surface area contributed by atoms with Crippen LogP contribution >= 0.6 is 45.2 Å². The van der Waals surface area contributed by atoms with E-state index in [0.29, 0.717) is 36.7 Å². The van der Waals surface area contributed by atoms with Gasteiger partial charge in [0.25, 0.3) is 0 Å². The van der Waals surface area contributed by atoms with Crippen LogP contribution in [0.3, 0.4) is 0 Å². The highest BCUT2D eigenvalue weighted by Crippen LogP contribution is 2.60. The van der Waals surface area contributed by atoms with Crippen molar-refractivity contribution < 1.29 is 36.0 Å². The van der Waals surface area contributed by atoms with Gasteiger partial charge in [0.1, 0.15) is 17.0 Å². The second kappa shape index (κ2) is 9.95. The van der Waals surface area contributed by atoms with E-state index in [9.17, 15) is 26.5 Å². The maximum absolute atomic E-state index is 13.9. The molecule has 4 saturated carbocycles. The maximum atomic E-state index is 13.9. The predicted octanol–water partition coefficient (Wildman–Crippen LogP) is 6.55. The van der Waals surface area contributed by atoms with Crippen LogP contribution in [0.1, 0.15) is 60.0 Å². The van der Waals surface area contributed by atoms with Crippen LogP contribution in [0.2, 0.25) is 0 Å². The molecule has 2 aromatic rings. The van der Waals surface area contributed by atoms with E-state index in [1.165, 1.54) is 6.07 Å². The molecule has 4 aliphatic rings. The molecule has 0 saturated heterocycles. The number of hydrogen-bond donors (Lipinski definition) is 0. The highest BCUT2D eigenvalue weighted by atomic mass is 127. The number of ether oxygens (including phenoxy) is 2. The molecule has 2 unspecified atom stereocenters. The molecule has 2 aromatic carbocycles. The molecule has 0 amide bonds. The largest absolute Gasteiger partial charge is 0.743 e. The summed E-state index contributed by atoms with van der Waals surface area (Å²) in [5.74, 6) is 0.851. The fourth-order valence-corrected chi connectivity index (χ4v) is 8.28. The molecule has 0 aromatic heterocycles. The van der Waals surface area contributed by atoms with Crippen LogP contribution in [-0.4, -0.2) is 35.4 Å². The second-order valence-corrected chi connectivity index (χ2v) is 14.6. The van der Waals surface area contributed by atoms with E-state index < -0.39 is 33.0 Å². The summed E-state index contributed by atoms with van der Waals surface area (Å²) in [6.07, 6.45) is 5.33. The number of carbonyl (C=O) groups excluding carboxylic acids is 1. The number of rotatable bonds is 8. The van der Waals surface area contributed by atoms with E-state index in [1.807, 2.05) is 57.3 Å². The van der Waals surface area contributed by atoms with Gasteiger partial charge in [-0.2, -0.15) is 8.78 Å². The average molecular weight is 769 g/mol. The van der Waals surface area contributed by atoms with Crippen LogP contribution in [-0.2, 0) is 21.3 Å². The summed E-state index contributed by atoms with van der Waals surface area (Å²) >= 11 is 3.83. The molecule has 0 aliphatic heterocycles. The lowest BCUT2D eigenvalue weighted by molar-refractivity contribution is -0.189. The van der Waals surface area contributed by atoms with Crippen molar-refractivity contribution in [2.24, 2.45) is 11.8 Å². The van der Waals surface area contributed by atoms with Crippen molar-refractivity contribution in [1.82, 2.24) is 0 Å². The van der Waals surface area contributed by atoms with E-state index in [1.54, 1.807) is 24.3 Å². The van der Waals surface area contributed by atoms with Gasteiger partial charge in [-0.3, -0.25) is 0 Å². The van der Waals surface area contributed by atoms with E-state index in [2.05, 4.69) is 6.58 Å². The molecule has 4 aliphatic carbocycles. The summed E-state index contributed by atoms with van der Waals surface area (Å²) in [4.78, 5) is 13.1. The van der Waals surface area contributed by atoms with E-state index in [0.717, 1.165) is 37.7 Å². The molecule has 204 valence electrons. The fraction of sp³-hybridized carbons (Fsp3) is 0.444. The quantitative estimate of drug-likeness (QED) is 0.172. The first-order valence-electron chi connectivity index (χ1n) is 12.2. The fourth-order valence-electron chi connectivity index (χ4n) is 6.67. The highest BCUT2D eigenvalue weighted by molar-refractivity contribution is 14.1. The van der Waals surface area contributed by atoms with Crippen LogP contribution in [0.5, 0.6) is 5.75 Å². The lowest BCUT2D eigenvalue weighted by atomic mass is 9.52. The normalized spacial score (nSPS) is 28.2. The van der Waals surface area contributed by atoms with Crippen molar-refractivity contribution >= 4 is 67.3 Å². The van der Waals surface area contributed by atoms with Gasteiger partial charge in [-0.15, -0.1) is 0 Å². The van der Waals surface area contributed by atoms with E-state index >= 15 is 0 Å². The summed E-state index contributed by atoms with van der Waals surface area (Å²) in [5, 5.41) is -4.40. The standard InChI is InChI=1S/C27H26F2I2O6S/c1-2-16-3-5-19(6-4-16)24(32)37-26-12-17-7-18(13-26)11-25(10-17,15-26)36-23-9-21(30)20(8-22(23)31)14-27(28,29)38(33,34)35/h2-6,8-9,17-18H,1,7,10-15H2,(H,33,34,35)/p-1. The highest BCUT2D eigenvalue weighted by Gasteiger charge is 2.61. The molecule has 38 heavy (non-hydrogen) atoms. The molecular formula is C27H25F2I2O6S-. The Balaban J connectivity index is 1.37. The minimum Gasteiger partial charge on any atom is -0.743 e. The Bertz CT molecular complexity index is 1380. The lowest BCUT2D eigenvalue weighted by Gasteiger charge is -2.60. The first-order valence-corrected chi connectivity index (χ1v) is 15.7. The minimum absolute atomic E-state index is 0.0603. The van der Waals surface area contributed by atoms with Gasteiger partial charge in [0.2, 0.25) is 0 Å². The van der Waals surface area contributed by atoms with Gasteiger partial charge in [0, 0.05) is 9.99 Å². The summed E-state index contributed by atoms with van der Waals surface area (Å²) in [5.41, 5.74) is 0.283. The minimum atomic E-state index is -5.78. The molecule has 4 bridgehead atoms. The molecular weight excluding hydrogens is 744 g/mol. The van der Waals surface area contributed by atoms with Crippen LogP contribution in [0.25, 0.3) is 6.08 Å². The number of alkyl halides is 2. The monoisotopic (exact) mass is 769 g/mol. The number of hydrogen-bond acceptors (Lipinski definition) is 6. The summed E-state index contributed by atoms with van der Waals surface area (Å²) in [6.45, 7) is 3.73. The van der Waals surface area contributed by atoms with E-state index in [4.69, 9.17) is 9.47 Å². The molecule has 4 fully saturated rings. The number of benzene rings is 2. The molecule has 2 atom stereocenters. The van der Waals surface area contributed by atoms with Gasteiger partial charge < -0.3 is 14.0 Å². The Hall–Kier alpha value is -1.32. The van der Waals surface area contributed by atoms with Gasteiger partial charge in [-0.1, -0.05) is 24.8 Å². The summed E-state index contributed by atoms with van der Waals surface area (Å²) in [7, 11) is -5.78. The first-order chi connectivity index (χ1) is 17.7. The van der Waals surface area contributed by atoms with Crippen molar-refractivity contribution in [3.63, 3.8) is 0 Å². The van der Waals surface area contributed by atoms with Gasteiger partial charge in [0.05, 0.1) is 15.6 Å². The third kappa shape index (κ3) is 5.49. The zero-order chi connectivity index (χ0) is 27.5. The summed E-state index contributed by atoms with van der Waals surface area (Å²) in [6, 6.07) is 10.2. The van der Waals surface area contributed by atoms with Crippen LogP contribution in [0, 0.1) is 19.0 Å². The van der Waals surface area contributed by atoms with Gasteiger partial charge in [0.15, 0.2) is 10.1 Å². The second-order valence-electron chi connectivity index (χ2n) is 10.8. The van der Waals surface area contributed by atoms with Crippen LogP contribution < -0.4 is 4.74 Å². The van der Waals surface area contributed by atoms with E-state index in [-0.39, 0.29) is 11.5 Å². The Morgan fingerprint density at radius 3 is 2.26 bits per heavy atom. The van der Waals surface area contributed by atoms with Crippen molar-refractivity contribution in [1.29, 1.82) is 0 Å². The molecule has 0 heterocycles. The zero-order valence-corrected chi connectivity index (χ0v) is 25.4. The Morgan fingerprint density at radius 1 is 1.08 bits per heavy atom. The van der Waals surface area contributed by atoms with Gasteiger partial charge in [-0.05, 0) is 125 Å².